The molecule has 0 saturated carbocycles. The maximum Gasteiger partial charge on any atom is 0.264 e. The Bertz CT molecular complexity index is 1250. The van der Waals surface area contributed by atoms with Gasteiger partial charge in [0.15, 0.2) is 0 Å². The standard InChI is InChI=1S/C27H31FN2O4S/c1-19(20-6-8-21(9-7-20)27(2,3)4)29-26(31)18-30(23-12-10-22(28)11-13-23)35(32,33)25-16-14-24(34-5)15-17-25/h6-17,19H,18H2,1-5H3,(H,29,31)/t19-/m1/s1. The van der Waals surface area contributed by atoms with Gasteiger partial charge in [-0.15, -0.1) is 0 Å². The highest BCUT2D eigenvalue weighted by Crippen LogP contribution is 2.26. The molecule has 0 aliphatic heterocycles. The van der Waals surface area contributed by atoms with Crippen molar-refractivity contribution in [2.24, 2.45) is 0 Å². The van der Waals surface area contributed by atoms with Crippen LogP contribution in [0.3, 0.4) is 0 Å². The topological polar surface area (TPSA) is 75.7 Å². The molecule has 0 aromatic heterocycles. The zero-order chi connectivity index (χ0) is 25.8. The third-order valence-electron chi connectivity index (χ3n) is 5.70. The van der Waals surface area contributed by atoms with Gasteiger partial charge in [0.25, 0.3) is 10.0 Å². The number of methoxy groups -OCH3 is 1. The third-order valence-corrected chi connectivity index (χ3v) is 7.49. The van der Waals surface area contributed by atoms with E-state index in [-0.39, 0.29) is 22.0 Å². The lowest BCUT2D eigenvalue weighted by molar-refractivity contribution is -0.120. The second-order valence-corrected chi connectivity index (χ2v) is 11.2. The zero-order valence-corrected chi connectivity index (χ0v) is 21.4. The summed E-state index contributed by atoms with van der Waals surface area (Å²) in [6.07, 6.45) is 0. The van der Waals surface area contributed by atoms with Crippen LogP contribution in [0.1, 0.15) is 44.9 Å². The van der Waals surface area contributed by atoms with Gasteiger partial charge in [-0.25, -0.2) is 12.8 Å². The van der Waals surface area contributed by atoms with Gasteiger partial charge in [0.1, 0.15) is 18.1 Å². The van der Waals surface area contributed by atoms with E-state index in [2.05, 4.69) is 26.1 Å². The highest BCUT2D eigenvalue weighted by molar-refractivity contribution is 7.92. The van der Waals surface area contributed by atoms with Crippen molar-refractivity contribution >= 4 is 21.6 Å². The molecule has 3 aromatic carbocycles. The number of benzene rings is 3. The van der Waals surface area contributed by atoms with Gasteiger partial charge in [0.05, 0.1) is 23.7 Å². The highest BCUT2D eigenvalue weighted by atomic mass is 32.2. The third kappa shape index (κ3) is 6.39. The maximum absolute atomic E-state index is 13.5. The fraction of sp³-hybridized carbons (Fsp3) is 0.296. The normalized spacial score (nSPS) is 12.6. The van der Waals surface area contributed by atoms with Gasteiger partial charge < -0.3 is 10.1 Å². The number of sulfonamides is 1. The van der Waals surface area contributed by atoms with Crippen molar-refractivity contribution in [2.45, 2.75) is 44.0 Å². The summed E-state index contributed by atoms with van der Waals surface area (Å²) in [5, 5.41) is 2.87. The van der Waals surface area contributed by atoms with E-state index in [4.69, 9.17) is 4.74 Å². The zero-order valence-electron chi connectivity index (χ0n) is 20.6. The molecular weight excluding hydrogens is 467 g/mol. The molecule has 0 fully saturated rings. The summed E-state index contributed by atoms with van der Waals surface area (Å²) in [6.45, 7) is 7.75. The lowest BCUT2D eigenvalue weighted by Gasteiger charge is -2.25. The number of nitrogens with one attached hydrogen (secondary N) is 1. The Morgan fingerprint density at radius 2 is 1.54 bits per heavy atom. The number of hydrogen-bond donors (Lipinski definition) is 1. The van der Waals surface area contributed by atoms with Crippen molar-refractivity contribution in [3.63, 3.8) is 0 Å². The number of carbonyl (C=O) groups is 1. The Kier molecular flexibility index (Phi) is 7.85. The number of halogens is 1. The van der Waals surface area contributed by atoms with E-state index in [1.165, 1.54) is 49.1 Å². The van der Waals surface area contributed by atoms with Crippen LogP contribution in [0.2, 0.25) is 0 Å². The quantitative estimate of drug-likeness (QED) is 0.463. The number of amides is 1. The molecule has 186 valence electrons. The Hall–Kier alpha value is -3.39. The Labute approximate surface area is 206 Å². The van der Waals surface area contributed by atoms with Gasteiger partial charge in [-0.2, -0.15) is 0 Å². The fourth-order valence-electron chi connectivity index (χ4n) is 3.57. The first-order valence-corrected chi connectivity index (χ1v) is 12.7. The molecule has 0 radical (unpaired) electrons. The lowest BCUT2D eigenvalue weighted by Crippen LogP contribution is -2.41. The maximum atomic E-state index is 13.5. The summed E-state index contributed by atoms with van der Waals surface area (Å²) >= 11 is 0. The van der Waals surface area contributed by atoms with Crippen molar-refractivity contribution in [1.82, 2.24) is 5.32 Å². The van der Waals surface area contributed by atoms with Gasteiger partial charge in [-0.05, 0) is 72.0 Å². The summed E-state index contributed by atoms with van der Waals surface area (Å²) < 4.78 is 46.5. The molecule has 1 N–H and O–H groups in total. The van der Waals surface area contributed by atoms with Crippen molar-refractivity contribution in [3.8, 4) is 5.75 Å². The van der Waals surface area contributed by atoms with Crippen LogP contribution < -0.4 is 14.4 Å². The van der Waals surface area contributed by atoms with E-state index in [9.17, 15) is 17.6 Å². The smallest absolute Gasteiger partial charge is 0.264 e. The van der Waals surface area contributed by atoms with Crippen LogP contribution in [0.5, 0.6) is 5.75 Å². The predicted molar refractivity (Wildman–Crippen MR) is 136 cm³/mol. The highest BCUT2D eigenvalue weighted by Gasteiger charge is 2.28. The van der Waals surface area contributed by atoms with E-state index in [1.807, 2.05) is 31.2 Å². The second-order valence-electron chi connectivity index (χ2n) is 9.32. The Morgan fingerprint density at radius 1 is 0.971 bits per heavy atom. The van der Waals surface area contributed by atoms with Crippen LogP contribution in [0.25, 0.3) is 0 Å². The van der Waals surface area contributed by atoms with E-state index in [1.54, 1.807) is 0 Å². The van der Waals surface area contributed by atoms with E-state index >= 15 is 0 Å². The molecule has 0 bridgehead atoms. The molecule has 0 aliphatic carbocycles. The van der Waals surface area contributed by atoms with Crippen LogP contribution in [0.4, 0.5) is 10.1 Å². The predicted octanol–water partition coefficient (Wildman–Crippen LogP) is 5.20. The van der Waals surface area contributed by atoms with Gasteiger partial charge in [0.2, 0.25) is 5.91 Å². The van der Waals surface area contributed by atoms with E-state index in [0.717, 1.165) is 22.0 Å². The molecule has 8 heteroatoms. The van der Waals surface area contributed by atoms with Crippen molar-refractivity contribution < 1.29 is 22.3 Å². The minimum atomic E-state index is -4.11. The molecule has 0 aliphatic rings. The van der Waals surface area contributed by atoms with Gasteiger partial charge >= 0.3 is 0 Å². The van der Waals surface area contributed by atoms with E-state index < -0.39 is 28.3 Å². The lowest BCUT2D eigenvalue weighted by atomic mass is 9.86. The number of rotatable bonds is 8. The minimum absolute atomic E-state index is 0.0104. The monoisotopic (exact) mass is 498 g/mol. The molecule has 1 amide bonds. The van der Waals surface area contributed by atoms with Crippen molar-refractivity contribution in [1.29, 1.82) is 0 Å². The summed E-state index contributed by atoms with van der Waals surface area (Å²) in [7, 11) is -2.63. The molecule has 0 spiro atoms. The largest absolute Gasteiger partial charge is 0.497 e. The van der Waals surface area contributed by atoms with Gasteiger partial charge in [0, 0.05) is 0 Å². The number of ether oxygens (including phenoxy) is 1. The average molecular weight is 499 g/mol. The molecular formula is C27H31FN2O4S. The molecule has 3 aromatic rings. The van der Waals surface area contributed by atoms with E-state index in [0.29, 0.717) is 5.75 Å². The Balaban J connectivity index is 1.84. The molecule has 35 heavy (non-hydrogen) atoms. The summed E-state index contributed by atoms with van der Waals surface area (Å²) in [5.74, 6) is -0.493. The molecule has 0 heterocycles. The summed E-state index contributed by atoms with van der Waals surface area (Å²) in [5.41, 5.74) is 2.27. The molecule has 0 saturated heterocycles. The number of nitrogens with zero attached hydrogens (tertiary/aromatic N) is 1. The summed E-state index contributed by atoms with van der Waals surface area (Å²) in [6, 6.07) is 18.5. The van der Waals surface area contributed by atoms with Gasteiger partial charge in [-0.3, -0.25) is 9.10 Å². The first-order chi connectivity index (χ1) is 16.4. The van der Waals surface area contributed by atoms with Crippen LogP contribution in [0, 0.1) is 5.82 Å². The first-order valence-electron chi connectivity index (χ1n) is 11.2. The second kappa shape index (κ2) is 10.5. The molecule has 3 rings (SSSR count). The SMILES string of the molecule is COc1ccc(S(=O)(=O)N(CC(=O)N[C@H](C)c2ccc(C(C)(C)C)cc2)c2ccc(F)cc2)cc1. The molecule has 0 unspecified atom stereocenters. The number of carbonyl (C=O) groups excluding carboxylic acids is 1. The van der Waals surface area contributed by atoms with Gasteiger partial charge in [-0.1, -0.05) is 45.0 Å². The molecule has 6 nitrogen and oxygen atoms in total. The Morgan fingerprint density at radius 3 is 2.06 bits per heavy atom. The average Bonchev–Trinajstić information content (AvgIpc) is 2.82. The van der Waals surface area contributed by atoms with Crippen LogP contribution >= 0.6 is 0 Å². The summed E-state index contributed by atoms with van der Waals surface area (Å²) in [4.78, 5) is 13.0. The van der Waals surface area contributed by atoms with Crippen molar-refractivity contribution in [2.75, 3.05) is 18.0 Å². The van der Waals surface area contributed by atoms with Crippen LogP contribution in [-0.2, 0) is 20.2 Å². The number of hydrogen-bond acceptors (Lipinski definition) is 4. The van der Waals surface area contributed by atoms with Crippen LogP contribution in [-0.4, -0.2) is 28.0 Å². The van der Waals surface area contributed by atoms with Crippen molar-refractivity contribution in [3.05, 3.63) is 89.7 Å². The fourth-order valence-corrected chi connectivity index (χ4v) is 4.99. The first kappa shape index (κ1) is 26.2. The molecule has 1 atom stereocenters. The number of anilines is 1. The van der Waals surface area contributed by atoms with Crippen LogP contribution in [0.15, 0.2) is 77.7 Å². The minimum Gasteiger partial charge on any atom is -0.497 e.